The molecule has 0 spiro atoms. The fraction of sp³-hybridized carbons (Fsp3) is 0.464. The number of anilines is 1. The maximum Gasteiger partial charge on any atom is 0.313 e. The number of hydrogen-bond acceptors (Lipinski definition) is 8. The molecule has 3 aromatic rings. The molecule has 0 radical (unpaired) electrons. The predicted octanol–water partition coefficient (Wildman–Crippen LogP) is 3.54. The Hall–Kier alpha value is -3.57. The van der Waals surface area contributed by atoms with E-state index in [1.807, 2.05) is 0 Å². The number of primary amides is 1. The average Bonchev–Trinajstić information content (AvgIpc) is 3.29. The Morgan fingerprint density at radius 1 is 1.18 bits per heavy atom. The number of rotatable bonds is 6. The third-order valence-corrected chi connectivity index (χ3v) is 9.04. The van der Waals surface area contributed by atoms with Crippen molar-refractivity contribution in [1.82, 2.24) is 19.8 Å². The second kappa shape index (κ2) is 10.9. The van der Waals surface area contributed by atoms with Crippen LogP contribution in [0.5, 0.6) is 5.88 Å². The molecular weight excluding hydrogens is 516 g/mol. The number of carbonyl (C=O) groups excluding carboxylic acids is 3. The summed E-state index contributed by atoms with van der Waals surface area (Å²) in [7, 11) is 5.61. The van der Waals surface area contributed by atoms with Crippen LogP contribution in [0.4, 0.5) is 5.69 Å². The number of nitrogens with zero attached hydrogens (tertiary/aromatic N) is 4. The molecule has 1 saturated carbocycles. The van der Waals surface area contributed by atoms with Crippen LogP contribution in [0, 0.1) is 5.92 Å². The monoisotopic (exact) mass is 550 g/mol. The molecule has 3 amide bonds. The summed E-state index contributed by atoms with van der Waals surface area (Å²) in [5.74, 6) is -1.37. The van der Waals surface area contributed by atoms with Gasteiger partial charge >= 0.3 is 11.8 Å². The Morgan fingerprint density at radius 3 is 2.64 bits per heavy atom. The minimum Gasteiger partial charge on any atom is -0.480 e. The fourth-order valence-electron chi connectivity index (χ4n) is 5.45. The molecule has 0 bridgehead atoms. The standard InChI is InChI=1S/C28H34N6O4S/c1-15-5-7-22(16-6-8-23-21(11-16)32-27(39-23)17-9-19(10-17)33(2)3)34(14-15)28(37)25(36)31-18-12-20(24(29)35)26(38-4)30-13-18/h6,8,11-13,15,17,19,22H,5,7,9-10,14H2,1-4H3,(H2,29,35)(H,31,36)/t15-,17?,19?,22+/m0/s1. The summed E-state index contributed by atoms with van der Waals surface area (Å²) in [6.45, 7) is 2.55. The first kappa shape index (κ1) is 27.0. The van der Waals surface area contributed by atoms with E-state index in [1.54, 1.807) is 16.2 Å². The highest BCUT2D eigenvalue weighted by Crippen LogP contribution is 2.43. The van der Waals surface area contributed by atoms with Crippen molar-refractivity contribution in [2.24, 2.45) is 11.7 Å². The first-order valence-electron chi connectivity index (χ1n) is 13.2. The van der Waals surface area contributed by atoms with Crippen LogP contribution >= 0.6 is 11.3 Å². The second-order valence-electron chi connectivity index (χ2n) is 10.8. The summed E-state index contributed by atoms with van der Waals surface area (Å²) in [5, 5.41) is 3.75. The van der Waals surface area contributed by atoms with Gasteiger partial charge in [0.15, 0.2) is 0 Å². The van der Waals surface area contributed by atoms with Crippen molar-refractivity contribution in [2.75, 3.05) is 33.1 Å². The molecule has 1 aliphatic heterocycles. The minimum atomic E-state index is -0.797. The lowest BCUT2D eigenvalue weighted by Gasteiger charge is -2.38. The summed E-state index contributed by atoms with van der Waals surface area (Å²) >= 11 is 1.75. The van der Waals surface area contributed by atoms with Gasteiger partial charge < -0.3 is 25.6 Å². The van der Waals surface area contributed by atoms with E-state index in [0.29, 0.717) is 18.5 Å². The van der Waals surface area contributed by atoms with Gasteiger partial charge in [0.25, 0.3) is 5.91 Å². The molecule has 2 fully saturated rings. The van der Waals surface area contributed by atoms with Gasteiger partial charge in [0.2, 0.25) is 5.88 Å². The number of carbonyl (C=O) groups is 3. The largest absolute Gasteiger partial charge is 0.480 e. The van der Waals surface area contributed by atoms with E-state index in [2.05, 4.69) is 54.4 Å². The van der Waals surface area contributed by atoms with E-state index >= 15 is 0 Å². The van der Waals surface area contributed by atoms with Gasteiger partial charge in [-0.1, -0.05) is 13.0 Å². The zero-order chi connectivity index (χ0) is 27.8. The van der Waals surface area contributed by atoms with Crippen molar-refractivity contribution in [2.45, 2.75) is 50.6 Å². The summed E-state index contributed by atoms with van der Waals surface area (Å²) < 4.78 is 6.18. The van der Waals surface area contributed by atoms with Gasteiger partial charge in [-0.3, -0.25) is 14.4 Å². The van der Waals surface area contributed by atoms with Crippen LogP contribution in [0.3, 0.4) is 0 Å². The zero-order valence-corrected chi connectivity index (χ0v) is 23.5. The van der Waals surface area contributed by atoms with E-state index in [0.717, 1.165) is 41.5 Å². The summed E-state index contributed by atoms with van der Waals surface area (Å²) in [6.07, 6.45) is 5.29. The predicted molar refractivity (Wildman–Crippen MR) is 150 cm³/mol. The van der Waals surface area contributed by atoms with E-state index in [9.17, 15) is 14.4 Å². The number of amides is 3. The Labute approximate surface area is 231 Å². The number of likely N-dealkylation sites (tertiary alicyclic amines) is 1. The Kier molecular flexibility index (Phi) is 7.55. The second-order valence-corrected chi connectivity index (χ2v) is 11.9. The molecule has 3 N–H and O–H groups in total. The van der Waals surface area contributed by atoms with Crippen LogP contribution in [-0.2, 0) is 9.59 Å². The normalized spacial score (nSPS) is 22.9. The number of thiazole rings is 1. The first-order chi connectivity index (χ1) is 18.6. The SMILES string of the molecule is COc1ncc(NC(=O)C(=O)N2C[C@@H](C)CC[C@@H]2c2ccc3sc(C4CC(N(C)C)C4)nc3c2)cc1C(N)=O. The van der Waals surface area contributed by atoms with Gasteiger partial charge in [0.05, 0.1) is 40.3 Å². The Bertz CT molecular complexity index is 1420. The number of aromatic nitrogens is 2. The number of benzene rings is 1. The molecule has 2 aliphatic rings. The molecular formula is C28H34N6O4S. The number of nitrogens with two attached hydrogens (primary N) is 1. The number of methoxy groups -OCH3 is 1. The number of pyridine rings is 1. The van der Waals surface area contributed by atoms with Crippen LogP contribution in [0.2, 0.25) is 0 Å². The van der Waals surface area contributed by atoms with Gasteiger partial charge in [0.1, 0.15) is 5.56 Å². The smallest absolute Gasteiger partial charge is 0.313 e. The molecule has 39 heavy (non-hydrogen) atoms. The number of fused-ring (bicyclic) bond motifs is 1. The van der Waals surface area contributed by atoms with Crippen LogP contribution < -0.4 is 15.8 Å². The van der Waals surface area contributed by atoms with Gasteiger partial charge in [0, 0.05) is 18.5 Å². The first-order valence-corrected chi connectivity index (χ1v) is 14.0. The van der Waals surface area contributed by atoms with E-state index in [-0.39, 0.29) is 29.1 Å². The third kappa shape index (κ3) is 5.46. The van der Waals surface area contributed by atoms with Crippen molar-refractivity contribution in [1.29, 1.82) is 0 Å². The van der Waals surface area contributed by atoms with Crippen molar-refractivity contribution in [3.63, 3.8) is 0 Å². The maximum absolute atomic E-state index is 13.4. The number of hydrogen-bond donors (Lipinski definition) is 2. The Balaban J connectivity index is 1.34. The highest BCUT2D eigenvalue weighted by Gasteiger charge is 2.36. The van der Waals surface area contributed by atoms with Crippen molar-refractivity contribution < 1.29 is 19.1 Å². The molecule has 5 rings (SSSR count). The molecule has 2 atom stereocenters. The van der Waals surface area contributed by atoms with Crippen molar-refractivity contribution in [3.05, 3.63) is 46.6 Å². The highest BCUT2D eigenvalue weighted by atomic mass is 32.1. The van der Waals surface area contributed by atoms with Crippen LogP contribution in [0.1, 0.15) is 65.5 Å². The van der Waals surface area contributed by atoms with Crippen molar-refractivity contribution >= 4 is 45.0 Å². The van der Waals surface area contributed by atoms with Crippen molar-refractivity contribution in [3.8, 4) is 5.88 Å². The number of ether oxygens (including phenoxy) is 1. The summed E-state index contributed by atoms with van der Waals surface area (Å²) in [4.78, 5) is 51.1. The molecule has 11 heteroatoms. The molecule has 1 saturated heterocycles. The highest BCUT2D eigenvalue weighted by molar-refractivity contribution is 7.18. The molecule has 10 nitrogen and oxygen atoms in total. The van der Waals surface area contributed by atoms with Gasteiger partial charge in [-0.05, 0) is 69.5 Å². The molecule has 3 heterocycles. The third-order valence-electron chi connectivity index (χ3n) is 7.85. The molecule has 1 aliphatic carbocycles. The molecule has 0 unspecified atom stereocenters. The van der Waals surface area contributed by atoms with Gasteiger partial charge in [-0.2, -0.15) is 0 Å². The average molecular weight is 551 g/mol. The van der Waals surface area contributed by atoms with Crippen LogP contribution in [-0.4, -0.2) is 71.3 Å². The van der Waals surface area contributed by atoms with E-state index < -0.39 is 17.7 Å². The summed E-state index contributed by atoms with van der Waals surface area (Å²) in [5.41, 5.74) is 7.53. The van der Waals surface area contributed by atoms with E-state index in [1.165, 1.54) is 24.4 Å². The number of nitrogens with one attached hydrogen (secondary N) is 1. The Morgan fingerprint density at radius 2 is 1.95 bits per heavy atom. The lowest BCUT2D eigenvalue weighted by Crippen LogP contribution is -2.46. The van der Waals surface area contributed by atoms with E-state index in [4.69, 9.17) is 15.5 Å². The fourth-order valence-corrected chi connectivity index (χ4v) is 6.53. The van der Waals surface area contributed by atoms with Gasteiger partial charge in [-0.15, -0.1) is 11.3 Å². The summed E-state index contributed by atoms with van der Waals surface area (Å²) in [6, 6.07) is 7.95. The maximum atomic E-state index is 13.4. The topological polar surface area (TPSA) is 131 Å². The zero-order valence-electron chi connectivity index (χ0n) is 22.6. The lowest BCUT2D eigenvalue weighted by molar-refractivity contribution is -0.146. The molecule has 1 aromatic carbocycles. The number of piperidine rings is 1. The quantitative estimate of drug-likeness (QED) is 0.449. The lowest BCUT2D eigenvalue weighted by atomic mass is 9.80. The minimum absolute atomic E-state index is 0.0160. The molecule has 2 aromatic heterocycles. The van der Waals surface area contributed by atoms with Crippen LogP contribution in [0.15, 0.2) is 30.5 Å². The van der Waals surface area contributed by atoms with Gasteiger partial charge in [-0.25, -0.2) is 9.97 Å². The van der Waals surface area contributed by atoms with Crippen LogP contribution in [0.25, 0.3) is 10.2 Å². The molecule has 206 valence electrons.